The van der Waals surface area contributed by atoms with Gasteiger partial charge in [-0.3, -0.25) is 0 Å². The van der Waals surface area contributed by atoms with E-state index in [4.69, 9.17) is 12.2 Å². The first-order chi connectivity index (χ1) is 9.20. The van der Waals surface area contributed by atoms with Gasteiger partial charge in [-0.25, -0.2) is 0 Å². The van der Waals surface area contributed by atoms with E-state index in [2.05, 4.69) is 44.8 Å². The molecule has 1 aliphatic heterocycles. The average molecular weight is 301 g/mol. The summed E-state index contributed by atoms with van der Waals surface area (Å²) < 4.78 is 0. The summed E-state index contributed by atoms with van der Waals surface area (Å²) in [5.41, 5.74) is 0.663. The number of hydrogen-bond acceptors (Lipinski definition) is 1. The SMILES string of the molecule is CC.CC(C)(C)CC(C)(C)CNC(=S)N1CCCCC1. The molecule has 0 aliphatic carbocycles. The first-order valence-corrected chi connectivity index (χ1v) is 8.63. The highest BCUT2D eigenvalue weighted by atomic mass is 32.1. The van der Waals surface area contributed by atoms with Crippen LogP contribution in [0.25, 0.3) is 0 Å². The number of likely N-dealkylation sites (tertiary alicyclic amines) is 1. The van der Waals surface area contributed by atoms with Crippen LogP contribution >= 0.6 is 12.2 Å². The molecule has 0 bridgehead atoms. The van der Waals surface area contributed by atoms with Crippen molar-refractivity contribution in [3.63, 3.8) is 0 Å². The van der Waals surface area contributed by atoms with E-state index in [0.29, 0.717) is 5.41 Å². The Bertz CT molecular complexity index is 273. The van der Waals surface area contributed by atoms with E-state index in [1.165, 1.54) is 25.7 Å². The molecule has 0 saturated carbocycles. The minimum Gasteiger partial charge on any atom is -0.362 e. The van der Waals surface area contributed by atoms with Gasteiger partial charge in [0.2, 0.25) is 0 Å². The molecule has 0 radical (unpaired) electrons. The Kier molecular flexibility index (Phi) is 8.72. The van der Waals surface area contributed by atoms with E-state index in [9.17, 15) is 0 Å². The zero-order valence-electron chi connectivity index (χ0n) is 14.8. The van der Waals surface area contributed by atoms with Crippen molar-refractivity contribution < 1.29 is 0 Å². The van der Waals surface area contributed by atoms with E-state index in [1.54, 1.807) is 0 Å². The van der Waals surface area contributed by atoms with Crippen molar-refractivity contribution in [2.24, 2.45) is 10.8 Å². The highest BCUT2D eigenvalue weighted by molar-refractivity contribution is 7.80. The molecule has 0 aromatic carbocycles. The van der Waals surface area contributed by atoms with Gasteiger partial charge < -0.3 is 10.2 Å². The van der Waals surface area contributed by atoms with Crippen LogP contribution in [0, 0.1) is 10.8 Å². The molecule has 0 aromatic heterocycles. The van der Waals surface area contributed by atoms with Gasteiger partial charge in [0.1, 0.15) is 0 Å². The Morgan fingerprint density at radius 1 is 1.00 bits per heavy atom. The van der Waals surface area contributed by atoms with Crippen LogP contribution in [-0.2, 0) is 0 Å². The van der Waals surface area contributed by atoms with Gasteiger partial charge in [-0.05, 0) is 48.7 Å². The van der Waals surface area contributed by atoms with Crippen molar-refractivity contribution in [2.45, 2.75) is 74.1 Å². The van der Waals surface area contributed by atoms with Gasteiger partial charge in [0.25, 0.3) is 0 Å². The monoisotopic (exact) mass is 300 g/mol. The smallest absolute Gasteiger partial charge is 0.168 e. The summed E-state index contributed by atoms with van der Waals surface area (Å²) in [6, 6.07) is 0. The quantitative estimate of drug-likeness (QED) is 0.751. The Balaban J connectivity index is 0.00000172. The standard InChI is InChI=1S/C15H30N2S.C2H6/c1-14(2,3)11-15(4,5)12-16-13(18)17-9-7-6-8-10-17;1-2/h6-12H2,1-5H3,(H,16,18);1-2H3. The summed E-state index contributed by atoms with van der Waals surface area (Å²) in [4.78, 5) is 2.33. The lowest BCUT2D eigenvalue weighted by atomic mass is 9.76. The molecule has 0 atom stereocenters. The van der Waals surface area contributed by atoms with Crippen LogP contribution in [0.4, 0.5) is 0 Å². The van der Waals surface area contributed by atoms with Gasteiger partial charge in [0.15, 0.2) is 5.11 Å². The summed E-state index contributed by atoms with van der Waals surface area (Å²) in [5.74, 6) is 0. The molecule has 0 amide bonds. The second kappa shape index (κ2) is 8.86. The first-order valence-electron chi connectivity index (χ1n) is 8.22. The van der Waals surface area contributed by atoms with Gasteiger partial charge >= 0.3 is 0 Å². The molecule has 1 fully saturated rings. The summed E-state index contributed by atoms with van der Waals surface area (Å²) in [6.07, 6.45) is 5.13. The van der Waals surface area contributed by atoms with Crippen molar-refractivity contribution in [1.82, 2.24) is 10.2 Å². The minimum atomic E-state index is 0.290. The molecule has 1 saturated heterocycles. The van der Waals surface area contributed by atoms with Crippen molar-refractivity contribution in [3.05, 3.63) is 0 Å². The summed E-state index contributed by atoms with van der Waals surface area (Å²) in [6.45, 7) is 18.8. The minimum absolute atomic E-state index is 0.290. The van der Waals surface area contributed by atoms with Crippen LogP contribution in [0.1, 0.15) is 74.1 Å². The lowest BCUT2D eigenvalue weighted by Gasteiger charge is -2.35. The van der Waals surface area contributed by atoms with E-state index in [1.807, 2.05) is 13.8 Å². The number of piperidine rings is 1. The molecular weight excluding hydrogens is 264 g/mol. The molecule has 0 unspecified atom stereocenters. The molecule has 20 heavy (non-hydrogen) atoms. The van der Waals surface area contributed by atoms with Crippen LogP contribution in [-0.4, -0.2) is 29.6 Å². The van der Waals surface area contributed by atoms with E-state index < -0.39 is 0 Å². The third-order valence-electron chi connectivity index (χ3n) is 3.37. The lowest BCUT2D eigenvalue weighted by molar-refractivity contribution is 0.211. The fraction of sp³-hybridized carbons (Fsp3) is 0.941. The molecule has 0 aromatic rings. The number of thiocarbonyl (C=S) groups is 1. The topological polar surface area (TPSA) is 15.3 Å². The summed E-state index contributed by atoms with van der Waals surface area (Å²) >= 11 is 5.50. The Hall–Kier alpha value is -0.310. The Labute approximate surface area is 132 Å². The normalized spacial score (nSPS) is 16.2. The van der Waals surface area contributed by atoms with Gasteiger partial charge in [-0.1, -0.05) is 48.5 Å². The van der Waals surface area contributed by atoms with Crippen molar-refractivity contribution in [3.8, 4) is 0 Å². The van der Waals surface area contributed by atoms with Crippen LogP contribution in [0.2, 0.25) is 0 Å². The molecule has 120 valence electrons. The van der Waals surface area contributed by atoms with Crippen molar-refractivity contribution in [1.29, 1.82) is 0 Å². The third-order valence-corrected chi connectivity index (χ3v) is 3.77. The molecule has 1 aliphatic rings. The number of nitrogens with zero attached hydrogens (tertiary/aromatic N) is 1. The molecule has 0 spiro atoms. The van der Waals surface area contributed by atoms with E-state index in [0.717, 1.165) is 24.7 Å². The second-order valence-corrected chi connectivity index (χ2v) is 7.99. The third kappa shape index (κ3) is 8.78. The maximum absolute atomic E-state index is 5.50. The fourth-order valence-electron chi connectivity index (χ4n) is 3.02. The van der Waals surface area contributed by atoms with E-state index >= 15 is 0 Å². The van der Waals surface area contributed by atoms with Crippen LogP contribution in [0.3, 0.4) is 0 Å². The number of rotatable bonds is 3. The van der Waals surface area contributed by atoms with Gasteiger partial charge in [-0.15, -0.1) is 0 Å². The van der Waals surface area contributed by atoms with Gasteiger partial charge in [0, 0.05) is 19.6 Å². The molecule has 1 rings (SSSR count). The maximum Gasteiger partial charge on any atom is 0.168 e. The average Bonchev–Trinajstić information content (AvgIpc) is 2.37. The van der Waals surface area contributed by atoms with Crippen LogP contribution in [0.5, 0.6) is 0 Å². The summed E-state index contributed by atoms with van der Waals surface area (Å²) in [7, 11) is 0. The van der Waals surface area contributed by atoms with Crippen LogP contribution in [0.15, 0.2) is 0 Å². The first kappa shape index (κ1) is 19.7. The summed E-state index contributed by atoms with van der Waals surface area (Å²) in [5, 5.41) is 4.43. The predicted octanol–water partition coefficient (Wildman–Crippen LogP) is 4.84. The molecule has 1 N–H and O–H groups in total. The van der Waals surface area contributed by atoms with E-state index in [-0.39, 0.29) is 5.41 Å². The van der Waals surface area contributed by atoms with Crippen molar-refractivity contribution >= 4 is 17.3 Å². The molecular formula is C17H36N2S. The number of nitrogens with one attached hydrogen (secondary N) is 1. The predicted molar refractivity (Wildman–Crippen MR) is 95.2 cm³/mol. The number of hydrogen-bond donors (Lipinski definition) is 1. The Morgan fingerprint density at radius 2 is 1.50 bits per heavy atom. The molecule has 2 nitrogen and oxygen atoms in total. The fourth-order valence-corrected chi connectivity index (χ4v) is 3.28. The van der Waals surface area contributed by atoms with Gasteiger partial charge in [0.05, 0.1) is 0 Å². The van der Waals surface area contributed by atoms with Crippen molar-refractivity contribution in [2.75, 3.05) is 19.6 Å². The van der Waals surface area contributed by atoms with Gasteiger partial charge in [-0.2, -0.15) is 0 Å². The maximum atomic E-state index is 5.50. The molecule has 1 heterocycles. The Morgan fingerprint density at radius 3 is 1.95 bits per heavy atom. The second-order valence-electron chi connectivity index (χ2n) is 7.61. The zero-order valence-corrected chi connectivity index (χ0v) is 15.6. The van der Waals surface area contributed by atoms with Crippen LogP contribution < -0.4 is 5.32 Å². The molecule has 3 heteroatoms. The zero-order chi connectivity index (χ0) is 15.8. The lowest BCUT2D eigenvalue weighted by Crippen LogP contribution is -2.45. The highest BCUT2D eigenvalue weighted by Gasteiger charge is 2.26. The largest absolute Gasteiger partial charge is 0.362 e. The highest BCUT2D eigenvalue weighted by Crippen LogP contribution is 2.32.